The smallest absolute Gasteiger partial charge is 0.141 e. The van der Waals surface area contributed by atoms with Crippen LogP contribution in [0, 0.1) is 0 Å². The minimum atomic E-state index is 0.415. The van der Waals surface area contributed by atoms with Crippen LogP contribution in [-0.2, 0) is 13.1 Å². The third-order valence-electron chi connectivity index (χ3n) is 4.14. The Kier molecular flexibility index (Phi) is 5.34. The first kappa shape index (κ1) is 14.5. The third kappa shape index (κ3) is 3.76. The Labute approximate surface area is 116 Å². The highest BCUT2D eigenvalue weighted by molar-refractivity contribution is 4.88. The van der Waals surface area contributed by atoms with Crippen LogP contribution in [0.4, 0.5) is 0 Å². The van der Waals surface area contributed by atoms with Gasteiger partial charge >= 0.3 is 0 Å². The van der Waals surface area contributed by atoms with E-state index in [1.54, 1.807) is 6.33 Å². The molecule has 1 aliphatic rings. The number of rotatable bonds is 6. The summed E-state index contributed by atoms with van der Waals surface area (Å²) in [5.74, 6) is 1.10. The summed E-state index contributed by atoms with van der Waals surface area (Å²) < 4.78 is 2.04. The molecule has 1 heterocycles. The predicted octanol–water partition coefficient (Wildman–Crippen LogP) is 1.78. The van der Waals surface area contributed by atoms with Crippen LogP contribution in [-0.4, -0.2) is 38.3 Å². The lowest BCUT2D eigenvalue weighted by Gasteiger charge is -2.35. The fourth-order valence-electron chi connectivity index (χ4n) is 2.96. The summed E-state index contributed by atoms with van der Waals surface area (Å²) in [7, 11) is 0. The number of hydrogen-bond acceptors (Lipinski definition) is 4. The van der Waals surface area contributed by atoms with Gasteiger partial charge in [0.25, 0.3) is 0 Å². The summed E-state index contributed by atoms with van der Waals surface area (Å²) in [5, 5.41) is 4.31. The van der Waals surface area contributed by atoms with Crippen LogP contribution in [0.25, 0.3) is 0 Å². The molecule has 0 amide bonds. The lowest BCUT2D eigenvalue weighted by atomic mass is 9.91. The molecule has 0 saturated heterocycles. The van der Waals surface area contributed by atoms with E-state index in [-0.39, 0.29) is 0 Å². The van der Waals surface area contributed by atoms with Crippen LogP contribution >= 0.6 is 0 Å². The molecule has 1 saturated carbocycles. The zero-order chi connectivity index (χ0) is 13.7. The fourth-order valence-corrected chi connectivity index (χ4v) is 2.96. The van der Waals surface area contributed by atoms with Crippen molar-refractivity contribution in [1.29, 1.82) is 0 Å². The van der Waals surface area contributed by atoms with E-state index in [2.05, 4.69) is 28.8 Å². The molecule has 0 bridgehead atoms. The minimum absolute atomic E-state index is 0.415. The monoisotopic (exact) mass is 265 g/mol. The Morgan fingerprint density at radius 1 is 1.32 bits per heavy atom. The van der Waals surface area contributed by atoms with Gasteiger partial charge in [-0.05, 0) is 38.6 Å². The van der Waals surface area contributed by atoms with Gasteiger partial charge in [-0.1, -0.05) is 13.8 Å². The highest BCUT2D eigenvalue weighted by Crippen LogP contribution is 2.23. The molecule has 1 aliphatic carbocycles. The Balaban J connectivity index is 1.96. The number of nitrogens with zero attached hydrogens (tertiary/aromatic N) is 4. The van der Waals surface area contributed by atoms with Crippen molar-refractivity contribution in [2.45, 2.75) is 71.1 Å². The number of hydrogen-bond donors (Lipinski definition) is 1. The van der Waals surface area contributed by atoms with Crippen molar-refractivity contribution in [3.05, 3.63) is 12.2 Å². The highest BCUT2D eigenvalue weighted by Gasteiger charge is 2.24. The maximum absolute atomic E-state index is 5.99. The second-order valence-electron chi connectivity index (χ2n) is 5.53. The van der Waals surface area contributed by atoms with Crippen molar-refractivity contribution < 1.29 is 0 Å². The molecule has 1 aromatic rings. The van der Waals surface area contributed by atoms with E-state index >= 15 is 0 Å². The van der Waals surface area contributed by atoms with Crippen molar-refractivity contribution in [3.8, 4) is 0 Å². The van der Waals surface area contributed by atoms with E-state index in [0.29, 0.717) is 12.1 Å². The zero-order valence-corrected chi connectivity index (χ0v) is 12.3. The molecule has 108 valence electrons. The Morgan fingerprint density at radius 3 is 2.68 bits per heavy atom. The van der Waals surface area contributed by atoms with Crippen LogP contribution in [0.15, 0.2) is 6.33 Å². The SMILES string of the molecule is CCCn1ncnc1CN(CC)C1CCC(N)CC1. The summed E-state index contributed by atoms with van der Waals surface area (Å²) in [6.07, 6.45) is 7.52. The molecule has 1 aromatic heterocycles. The van der Waals surface area contributed by atoms with Gasteiger partial charge in [0.05, 0.1) is 6.54 Å². The molecule has 0 unspecified atom stereocenters. The second kappa shape index (κ2) is 7.01. The Morgan fingerprint density at radius 2 is 2.05 bits per heavy atom. The normalized spacial score (nSPS) is 24.0. The maximum atomic E-state index is 5.99. The van der Waals surface area contributed by atoms with Crippen LogP contribution in [0.5, 0.6) is 0 Å². The van der Waals surface area contributed by atoms with E-state index < -0.39 is 0 Å². The molecule has 0 atom stereocenters. The Hall–Kier alpha value is -0.940. The molecule has 0 radical (unpaired) electrons. The van der Waals surface area contributed by atoms with Crippen molar-refractivity contribution in [2.75, 3.05) is 6.54 Å². The van der Waals surface area contributed by atoms with Crippen LogP contribution in [0.1, 0.15) is 51.8 Å². The first-order chi connectivity index (χ1) is 9.24. The molecule has 0 aliphatic heterocycles. The summed E-state index contributed by atoms with van der Waals surface area (Å²) in [6, 6.07) is 1.08. The van der Waals surface area contributed by atoms with Gasteiger partial charge in [-0.3, -0.25) is 4.90 Å². The van der Waals surface area contributed by atoms with Gasteiger partial charge in [-0.2, -0.15) is 5.10 Å². The number of aryl methyl sites for hydroxylation is 1. The molecular weight excluding hydrogens is 238 g/mol. The first-order valence-electron chi connectivity index (χ1n) is 7.60. The first-order valence-corrected chi connectivity index (χ1v) is 7.60. The van der Waals surface area contributed by atoms with Gasteiger partial charge in [0.15, 0.2) is 0 Å². The molecule has 0 aromatic carbocycles. The van der Waals surface area contributed by atoms with Gasteiger partial charge < -0.3 is 5.73 Å². The van der Waals surface area contributed by atoms with Crippen molar-refractivity contribution >= 4 is 0 Å². The largest absolute Gasteiger partial charge is 0.328 e. The van der Waals surface area contributed by atoms with Crippen LogP contribution in [0.2, 0.25) is 0 Å². The Bertz CT molecular complexity index is 368. The molecule has 2 rings (SSSR count). The summed E-state index contributed by atoms with van der Waals surface area (Å²) in [6.45, 7) is 7.35. The van der Waals surface area contributed by atoms with E-state index in [9.17, 15) is 0 Å². The van der Waals surface area contributed by atoms with E-state index in [4.69, 9.17) is 5.73 Å². The lowest BCUT2D eigenvalue weighted by Crippen LogP contribution is -2.40. The van der Waals surface area contributed by atoms with Crippen LogP contribution in [0.3, 0.4) is 0 Å². The maximum Gasteiger partial charge on any atom is 0.141 e. The molecule has 5 nitrogen and oxygen atoms in total. The lowest BCUT2D eigenvalue weighted by molar-refractivity contribution is 0.143. The van der Waals surface area contributed by atoms with Crippen molar-refractivity contribution in [2.24, 2.45) is 5.73 Å². The van der Waals surface area contributed by atoms with Gasteiger partial charge in [0.1, 0.15) is 12.2 Å². The average Bonchev–Trinajstić information content (AvgIpc) is 2.85. The predicted molar refractivity (Wildman–Crippen MR) is 76.6 cm³/mol. The molecule has 2 N–H and O–H groups in total. The molecule has 0 spiro atoms. The molecule has 5 heteroatoms. The van der Waals surface area contributed by atoms with Gasteiger partial charge in [0.2, 0.25) is 0 Å². The van der Waals surface area contributed by atoms with Gasteiger partial charge in [0, 0.05) is 18.6 Å². The zero-order valence-electron chi connectivity index (χ0n) is 12.3. The number of nitrogens with two attached hydrogens (primary N) is 1. The number of aromatic nitrogens is 3. The van der Waals surface area contributed by atoms with E-state index in [0.717, 1.165) is 44.7 Å². The van der Waals surface area contributed by atoms with Gasteiger partial charge in [-0.25, -0.2) is 9.67 Å². The fraction of sp³-hybridized carbons (Fsp3) is 0.857. The summed E-state index contributed by atoms with van der Waals surface area (Å²) in [5.41, 5.74) is 5.99. The van der Waals surface area contributed by atoms with Crippen molar-refractivity contribution in [1.82, 2.24) is 19.7 Å². The summed E-state index contributed by atoms with van der Waals surface area (Å²) >= 11 is 0. The van der Waals surface area contributed by atoms with E-state index in [1.807, 2.05) is 4.68 Å². The molecule has 1 fully saturated rings. The minimum Gasteiger partial charge on any atom is -0.328 e. The highest BCUT2D eigenvalue weighted by atomic mass is 15.3. The van der Waals surface area contributed by atoms with E-state index in [1.165, 1.54) is 12.8 Å². The third-order valence-corrected chi connectivity index (χ3v) is 4.14. The van der Waals surface area contributed by atoms with Crippen molar-refractivity contribution in [3.63, 3.8) is 0 Å². The van der Waals surface area contributed by atoms with Crippen LogP contribution < -0.4 is 5.73 Å². The average molecular weight is 265 g/mol. The second-order valence-corrected chi connectivity index (χ2v) is 5.53. The standard InChI is InChI=1S/C14H27N5/c1-3-9-19-14(16-11-17-19)10-18(4-2)13-7-5-12(15)6-8-13/h11-13H,3-10,15H2,1-2H3. The summed E-state index contributed by atoms with van der Waals surface area (Å²) in [4.78, 5) is 6.95. The quantitative estimate of drug-likeness (QED) is 0.851. The topological polar surface area (TPSA) is 60.0 Å². The van der Waals surface area contributed by atoms with Gasteiger partial charge in [-0.15, -0.1) is 0 Å². The molecular formula is C14H27N5. The molecule has 19 heavy (non-hydrogen) atoms.